The molecule has 1 aliphatic rings. The summed E-state index contributed by atoms with van der Waals surface area (Å²) in [6.07, 6.45) is 0. The molecule has 8 heterocycles. The average Bonchev–Trinajstić information content (AvgIpc) is 1.55. The number of thiophene rings is 1. The molecule has 8 aromatic heterocycles. The Hall–Kier alpha value is -17.5. The normalized spacial score (nSPS) is 12.2. The van der Waals surface area contributed by atoms with Crippen LogP contribution >= 0.6 is 11.3 Å². The number of aromatic nitrogens is 11. The van der Waals surface area contributed by atoms with Crippen LogP contribution in [0.3, 0.4) is 0 Å². The van der Waals surface area contributed by atoms with E-state index in [0.717, 1.165) is 117 Å². The summed E-state index contributed by atoms with van der Waals surface area (Å²) in [5.74, 6) is 3.20. The van der Waals surface area contributed by atoms with E-state index in [-0.39, 0.29) is 5.41 Å². The third-order valence-corrected chi connectivity index (χ3v) is 27.7. The van der Waals surface area contributed by atoms with Gasteiger partial charge >= 0.3 is 0 Å². The Labute approximate surface area is 776 Å². The summed E-state index contributed by atoms with van der Waals surface area (Å²) in [6, 6.07) is 160. The standard InChI is InChI=1S/C45H28N4S.C40H26N4.C37H27N3/c1-3-13-29(14-4-1)43-46-44(30-15-5-2-6-16-30)48-45(47-43)49-39-23-9-7-19-35(39)36-26-25-32(28-40(36)49)31-17-11-18-33(27-31)34-21-12-22-38-37-20-8-10-24-41(37)50-42(34)38;1-4-14-27(15-5-1)34-26-35(28-16-6-2-7-17-28)42-40(41-34)44-37-23-13-11-21-31(37)33-24-38-32(25-39(33)44)30-20-10-12-22-36(30)43(38)29-18-8-3-9-19-29;1-37(2)30-19-11-9-17-26(30)28-21-29-27-18-10-12-20-34(27)40(35(29)22-31(28)37)36-38-32(24-13-5-3-6-14-24)23-33(39-36)25-15-7-4-8-16-25/h1-28H;1-26H;3-23H,1-2H3. The van der Waals surface area contributed by atoms with Gasteiger partial charge in [-0.05, 0) is 136 Å². The lowest BCUT2D eigenvalue weighted by Crippen LogP contribution is -2.15. The number of rotatable bonds is 12. The Morgan fingerprint density at radius 3 is 1.04 bits per heavy atom. The van der Waals surface area contributed by atoms with Crippen molar-refractivity contribution in [3.63, 3.8) is 0 Å². The molecular weight excluding hydrogens is 1650 g/mol. The second kappa shape index (κ2) is 32.6. The van der Waals surface area contributed by atoms with Crippen molar-refractivity contribution in [2.75, 3.05) is 0 Å². The third-order valence-electron chi connectivity index (χ3n) is 26.4. The topological polar surface area (TPSA) is 110 Å². The van der Waals surface area contributed by atoms with Gasteiger partial charge in [0.05, 0.1) is 66.9 Å². The molecular formula is C122H81N11S. The summed E-state index contributed by atoms with van der Waals surface area (Å²) in [5, 5.41) is 12.1. The molecule has 0 saturated carbocycles. The van der Waals surface area contributed by atoms with Crippen molar-refractivity contribution in [1.82, 2.24) is 53.2 Å². The quantitative estimate of drug-likeness (QED) is 0.120. The van der Waals surface area contributed by atoms with Crippen LogP contribution in [0.5, 0.6) is 0 Å². The van der Waals surface area contributed by atoms with Crippen LogP contribution in [0.15, 0.2) is 455 Å². The molecule has 0 radical (unpaired) electrons. The molecule has 0 fully saturated rings. The van der Waals surface area contributed by atoms with Gasteiger partial charge in [0.2, 0.25) is 17.8 Å². The zero-order chi connectivity index (χ0) is 88.9. The molecule has 0 bridgehead atoms. The van der Waals surface area contributed by atoms with Gasteiger partial charge in [-0.15, -0.1) is 11.3 Å². The minimum atomic E-state index is -0.0939. The summed E-state index contributed by atoms with van der Waals surface area (Å²) in [7, 11) is 0. The van der Waals surface area contributed by atoms with Crippen LogP contribution in [-0.2, 0) is 5.41 Å². The van der Waals surface area contributed by atoms with Gasteiger partial charge in [0.15, 0.2) is 11.6 Å². The molecule has 0 unspecified atom stereocenters. The first-order valence-electron chi connectivity index (χ1n) is 45.3. The van der Waals surface area contributed by atoms with E-state index in [4.69, 9.17) is 34.9 Å². The lowest BCUT2D eigenvalue weighted by molar-refractivity contribution is 0.661. The van der Waals surface area contributed by atoms with E-state index in [1.54, 1.807) is 0 Å². The van der Waals surface area contributed by atoms with Gasteiger partial charge in [-0.25, -0.2) is 24.9 Å². The van der Waals surface area contributed by atoms with Crippen LogP contribution in [0.1, 0.15) is 25.0 Å². The first kappa shape index (κ1) is 78.8. The van der Waals surface area contributed by atoms with Gasteiger partial charge in [0, 0.05) is 108 Å². The van der Waals surface area contributed by atoms with E-state index in [0.29, 0.717) is 29.5 Å². The van der Waals surface area contributed by atoms with Crippen LogP contribution in [0.4, 0.5) is 0 Å². The Kier molecular flexibility index (Phi) is 19.2. The molecule has 630 valence electrons. The van der Waals surface area contributed by atoms with E-state index in [9.17, 15) is 0 Å². The van der Waals surface area contributed by atoms with Crippen molar-refractivity contribution in [1.29, 1.82) is 0 Å². The van der Waals surface area contributed by atoms with Crippen molar-refractivity contribution in [2.45, 2.75) is 19.3 Å². The maximum atomic E-state index is 5.21. The first-order chi connectivity index (χ1) is 66.2. The van der Waals surface area contributed by atoms with Crippen molar-refractivity contribution in [3.8, 4) is 125 Å². The molecule has 134 heavy (non-hydrogen) atoms. The molecule has 0 N–H and O–H groups in total. The van der Waals surface area contributed by atoms with E-state index in [2.05, 4.69) is 402 Å². The van der Waals surface area contributed by atoms with Crippen molar-refractivity contribution >= 4 is 119 Å². The van der Waals surface area contributed by atoms with Crippen LogP contribution in [0, 0.1) is 0 Å². The highest BCUT2D eigenvalue weighted by molar-refractivity contribution is 7.26. The Balaban J connectivity index is 0.000000108. The highest BCUT2D eigenvalue weighted by Crippen LogP contribution is 2.52. The number of nitrogens with zero attached hydrogens (tertiary/aromatic N) is 11. The third kappa shape index (κ3) is 13.6. The fraction of sp³-hybridized carbons (Fsp3) is 0.0246. The van der Waals surface area contributed by atoms with Crippen LogP contribution in [-0.4, -0.2) is 53.2 Å². The molecule has 11 nitrogen and oxygen atoms in total. The van der Waals surface area contributed by atoms with E-state index >= 15 is 0 Å². The van der Waals surface area contributed by atoms with Gasteiger partial charge in [-0.3, -0.25) is 13.7 Å². The van der Waals surface area contributed by atoms with Crippen molar-refractivity contribution in [2.24, 2.45) is 0 Å². The Morgan fingerprint density at radius 2 is 0.537 bits per heavy atom. The second-order valence-corrected chi connectivity index (χ2v) is 35.7. The first-order valence-corrected chi connectivity index (χ1v) is 46.1. The largest absolute Gasteiger partial charge is 0.309 e. The maximum absolute atomic E-state index is 5.21. The van der Waals surface area contributed by atoms with E-state index < -0.39 is 0 Å². The minimum Gasteiger partial charge on any atom is -0.309 e. The molecule has 0 atom stereocenters. The van der Waals surface area contributed by atoms with Crippen LogP contribution < -0.4 is 0 Å². The Morgan fingerprint density at radius 1 is 0.194 bits per heavy atom. The zero-order valence-electron chi connectivity index (χ0n) is 73.1. The smallest absolute Gasteiger partial charge is 0.238 e. The van der Waals surface area contributed by atoms with E-state index in [1.165, 1.54) is 96.9 Å². The molecule has 0 saturated heterocycles. The lowest BCUT2D eigenvalue weighted by atomic mass is 9.82. The molecule has 27 rings (SSSR count). The summed E-state index contributed by atoms with van der Waals surface area (Å²) in [6.45, 7) is 4.66. The monoisotopic (exact) mass is 1730 g/mol. The fourth-order valence-electron chi connectivity index (χ4n) is 20.1. The van der Waals surface area contributed by atoms with Gasteiger partial charge in [0.1, 0.15) is 0 Å². The number of hydrogen-bond acceptors (Lipinski definition) is 8. The lowest BCUT2D eigenvalue weighted by Gasteiger charge is -2.21. The number of para-hydroxylation sites is 5. The SMILES string of the molecule is CC1(C)c2ccccc2-c2cc3c4ccccc4n(-c4nc(-c5ccccc5)cc(-c5ccccc5)n4)c3cc21.c1ccc(-c2cc(-c3ccccc3)nc(-n3c4ccccc4c4cc5c(cc43)c3ccccc3n5-c3ccccc3)n2)cc1.c1ccc(-c2nc(-c3ccccc3)nc(-n3c4ccccc4c4ccc(-c5cccc(-c6cccc7c6sc6ccccc67)c5)cc43)n2)cc1. The number of hydrogen-bond donors (Lipinski definition) is 0. The molecule has 0 amide bonds. The van der Waals surface area contributed by atoms with Crippen molar-refractivity contribution < 1.29 is 0 Å². The predicted molar refractivity (Wildman–Crippen MR) is 555 cm³/mol. The van der Waals surface area contributed by atoms with Crippen molar-refractivity contribution in [3.05, 3.63) is 466 Å². The van der Waals surface area contributed by atoms with E-state index in [1.807, 2.05) is 96.3 Å². The van der Waals surface area contributed by atoms with Gasteiger partial charge < -0.3 is 4.57 Å². The number of benzene rings is 18. The molecule has 1 aliphatic carbocycles. The summed E-state index contributed by atoms with van der Waals surface area (Å²) >= 11 is 1.87. The highest BCUT2D eigenvalue weighted by atomic mass is 32.1. The molecule has 18 aromatic carbocycles. The maximum Gasteiger partial charge on any atom is 0.238 e. The summed E-state index contributed by atoms with van der Waals surface area (Å²) in [5.41, 5.74) is 29.8. The Bertz CT molecular complexity index is 8900. The average molecular weight is 1730 g/mol. The molecule has 26 aromatic rings. The minimum absolute atomic E-state index is 0.0939. The summed E-state index contributed by atoms with van der Waals surface area (Å²) < 4.78 is 11.7. The fourth-order valence-corrected chi connectivity index (χ4v) is 21.3. The molecule has 0 aliphatic heterocycles. The predicted octanol–water partition coefficient (Wildman–Crippen LogP) is 31.2. The highest BCUT2D eigenvalue weighted by Gasteiger charge is 2.37. The van der Waals surface area contributed by atoms with Gasteiger partial charge in [0.25, 0.3) is 0 Å². The molecule has 0 spiro atoms. The van der Waals surface area contributed by atoms with Gasteiger partial charge in [-0.1, -0.05) is 378 Å². The van der Waals surface area contributed by atoms with Crippen LogP contribution in [0.25, 0.3) is 232 Å². The number of fused-ring (bicyclic) bond motifs is 18. The van der Waals surface area contributed by atoms with Gasteiger partial charge in [-0.2, -0.15) is 9.97 Å². The second-order valence-electron chi connectivity index (χ2n) is 34.7. The van der Waals surface area contributed by atoms with Crippen LogP contribution in [0.2, 0.25) is 0 Å². The summed E-state index contributed by atoms with van der Waals surface area (Å²) in [4.78, 5) is 36.0. The zero-order valence-corrected chi connectivity index (χ0v) is 73.9. The molecule has 12 heteroatoms.